The molecular weight excluding hydrogens is 186 g/mol. The summed E-state index contributed by atoms with van der Waals surface area (Å²) in [6.07, 6.45) is 6.87. The molecule has 3 nitrogen and oxygen atoms in total. The molecule has 2 fully saturated rings. The molecule has 0 amide bonds. The Labute approximate surface area is 89.3 Å². The molecule has 0 radical (unpaired) electrons. The highest BCUT2D eigenvalue weighted by Gasteiger charge is 2.40. The van der Waals surface area contributed by atoms with E-state index in [1.807, 2.05) is 12.1 Å². The van der Waals surface area contributed by atoms with Gasteiger partial charge in [0.2, 0.25) is 0 Å². The molecule has 0 spiro atoms. The SMILES string of the molecule is N#Cc1cccnc1N1C2CCC1CC2. The third kappa shape index (κ3) is 1.21. The Morgan fingerprint density at radius 2 is 1.93 bits per heavy atom. The number of aromatic nitrogens is 1. The normalized spacial score (nSPS) is 28.1. The molecule has 0 unspecified atom stereocenters. The zero-order chi connectivity index (χ0) is 10.3. The first-order valence-corrected chi connectivity index (χ1v) is 5.53. The second-order valence-electron chi connectivity index (χ2n) is 4.36. The van der Waals surface area contributed by atoms with E-state index in [-0.39, 0.29) is 0 Å². The third-order valence-electron chi connectivity index (χ3n) is 3.60. The fourth-order valence-corrected chi connectivity index (χ4v) is 2.95. The van der Waals surface area contributed by atoms with Crippen molar-refractivity contribution in [3.63, 3.8) is 0 Å². The summed E-state index contributed by atoms with van der Waals surface area (Å²) in [4.78, 5) is 6.75. The second-order valence-corrected chi connectivity index (χ2v) is 4.36. The molecule has 2 bridgehead atoms. The van der Waals surface area contributed by atoms with Crippen LogP contribution in [0, 0.1) is 11.3 Å². The quantitative estimate of drug-likeness (QED) is 0.695. The lowest BCUT2D eigenvalue weighted by atomic mass is 10.0. The summed E-state index contributed by atoms with van der Waals surface area (Å²) in [5.74, 6) is 0.907. The summed E-state index contributed by atoms with van der Waals surface area (Å²) in [7, 11) is 0. The Hall–Kier alpha value is -1.56. The lowest BCUT2D eigenvalue weighted by molar-refractivity contribution is 0.576. The molecule has 3 rings (SSSR count). The van der Waals surface area contributed by atoms with E-state index < -0.39 is 0 Å². The third-order valence-corrected chi connectivity index (χ3v) is 3.60. The van der Waals surface area contributed by atoms with Gasteiger partial charge in [0, 0.05) is 18.3 Å². The molecule has 0 N–H and O–H groups in total. The average Bonchev–Trinajstić information content (AvgIpc) is 2.88. The van der Waals surface area contributed by atoms with Crippen molar-refractivity contribution >= 4 is 5.82 Å². The molecule has 3 heteroatoms. The molecule has 1 aromatic rings. The fraction of sp³-hybridized carbons (Fsp3) is 0.500. The molecule has 15 heavy (non-hydrogen) atoms. The largest absolute Gasteiger partial charge is 0.350 e. The molecule has 2 saturated heterocycles. The van der Waals surface area contributed by atoms with Gasteiger partial charge in [0.15, 0.2) is 0 Å². The highest BCUT2D eigenvalue weighted by atomic mass is 15.3. The van der Waals surface area contributed by atoms with Gasteiger partial charge in [0.25, 0.3) is 0 Å². The maximum absolute atomic E-state index is 9.06. The number of hydrogen-bond acceptors (Lipinski definition) is 3. The van der Waals surface area contributed by atoms with Crippen LogP contribution in [0.2, 0.25) is 0 Å². The standard InChI is InChI=1S/C12H13N3/c13-8-9-2-1-7-14-12(9)15-10-3-4-11(15)6-5-10/h1-2,7,10-11H,3-6H2. The van der Waals surface area contributed by atoms with E-state index in [1.54, 1.807) is 6.20 Å². The van der Waals surface area contributed by atoms with Gasteiger partial charge < -0.3 is 4.90 Å². The lowest BCUT2D eigenvalue weighted by Crippen LogP contribution is -2.29. The molecule has 76 valence electrons. The van der Waals surface area contributed by atoms with E-state index in [0.717, 1.165) is 11.4 Å². The molecule has 2 aliphatic rings. The Bertz CT molecular complexity index is 401. The van der Waals surface area contributed by atoms with E-state index in [1.165, 1.54) is 25.7 Å². The first-order chi connectivity index (χ1) is 7.40. The van der Waals surface area contributed by atoms with Gasteiger partial charge in [-0.15, -0.1) is 0 Å². The summed E-state index contributed by atoms with van der Waals surface area (Å²) < 4.78 is 0. The molecule has 0 atom stereocenters. The smallest absolute Gasteiger partial charge is 0.146 e. The lowest BCUT2D eigenvalue weighted by Gasteiger charge is -2.23. The van der Waals surface area contributed by atoms with Crippen LogP contribution in [0.1, 0.15) is 31.2 Å². The van der Waals surface area contributed by atoms with Gasteiger partial charge in [-0.3, -0.25) is 0 Å². The van der Waals surface area contributed by atoms with Gasteiger partial charge in [0.05, 0.1) is 5.56 Å². The van der Waals surface area contributed by atoms with Crippen LogP contribution >= 0.6 is 0 Å². The maximum atomic E-state index is 9.06. The molecule has 2 aliphatic heterocycles. The van der Waals surface area contributed by atoms with Crippen molar-refractivity contribution in [2.75, 3.05) is 4.90 Å². The summed E-state index contributed by atoms with van der Waals surface area (Å²) in [6.45, 7) is 0. The van der Waals surface area contributed by atoms with Crippen molar-refractivity contribution in [3.8, 4) is 6.07 Å². The number of anilines is 1. The summed E-state index contributed by atoms with van der Waals surface area (Å²) in [5, 5.41) is 9.06. The predicted molar refractivity (Wildman–Crippen MR) is 57.5 cm³/mol. The van der Waals surface area contributed by atoms with Crippen LogP contribution in [0.3, 0.4) is 0 Å². The van der Waals surface area contributed by atoms with Gasteiger partial charge in [0.1, 0.15) is 11.9 Å². The topological polar surface area (TPSA) is 39.9 Å². The minimum absolute atomic E-state index is 0.636. The van der Waals surface area contributed by atoms with Gasteiger partial charge in [-0.2, -0.15) is 5.26 Å². The fourth-order valence-electron chi connectivity index (χ4n) is 2.95. The second kappa shape index (κ2) is 3.23. The zero-order valence-corrected chi connectivity index (χ0v) is 8.56. The number of rotatable bonds is 1. The van der Waals surface area contributed by atoms with E-state index >= 15 is 0 Å². The average molecular weight is 199 g/mol. The number of fused-ring (bicyclic) bond motifs is 2. The van der Waals surface area contributed by atoms with Crippen molar-refractivity contribution in [1.29, 1.82) is 5.26 Å². The molecule has 1 aromatic heterocycles. The van der Waals surface area contributed by atoms with Gasteiger partial charge in [-0.05, 0) is 37.8 Å². The van der Waals surface area contributed by atoms with Crippen LogP contribution in [0.25, 0.3) is 0 Å². The van der Waals surface area contributed by atoms with Crippen molar-refractivity contribution in [2.24, 2.45) is 0 Å². The monoisotopic (exact) mass is 199 g/mol. The summed E-state index contributed by atoms with van der Waals surface area (Å²) >= 11 is 0. The van der Waals surface area contributed by atoms with E-state index in [9.17, 15) is 0 Å². The Morgan fingerprint density at radius 1 is 1.27 bits per heavy atom. The van der Waals surface area contributed by atoms with Gasteiger partial charge in [-0.25, -0.2) is 4.98 Å². The Balaban J connectivity index is 2.03. The van der Waals surface area contributed by atoms with Crippen molar-refractivity contribution < 1.29 is 0 Å². The number of nitriles is 1. The van der Waals surface area contributed by atoms with Crippen LogP contribution < -0.4 is 4.90 Å². The number of pyridine rings is 1. The first kappa shape index (κ1) is 8.72. The predicted octanol–water partition coefficient (Wildman–Crippen LogP) is 2.08. The van der Waals surface area contributed by atoms with Crippen LogP contribution in [0.4, 0.5) is 5.82 Å². The van der Waals surface area contributed by atoms with E-state index in [2.05, 4.69) is 16.0 Å². The van der Waals surface area contributed by atoms with E-state index in [4.69, 9.17) is 5.26 Å². The molecule has 0 aromatic carbocycles. The molecule has 3 heterocycles. The molecule has 0 saturated carbocycles. The highest BCUT2D eigenvalue weighted by molar-refractivity contribution is 5.56. The van der Waals surface area contributed by atoms with Gasteiger partial charge in [-0.1, -0.05) is 0 Å². The summed E-state index contributed by atoms with van der Waals surface area (Å²) in [6, 6.07) is 7.20. The van der Waals surface area contributed by atoms with Crippen molar-refractivity contribution in [1.82, 2.24) is 4.98 Å². The van der Waals surface area contributed by atoms with Crippen LogP contribution in [-0.2, 0) is 0 Å². The highest BCUT2D eigenvalue weighted by Crippen LogP contribution is 2.40. The van der Waals surface area contributed by atoms with Crippen LogP contribution in [-0.4, -0.2) is 17.1 Å². The minimum atomic E-state index is 0.636. The van der Waals surface area contributed by atoms with Crippen molar-refractivity contribution in [3.05, 3.63) is 23.9 Å². The number of nitrogens with zero attached hydrogens (tertiary/aromatic N) is 3. The van der Waals surface area contributed by atoms with E-state index in [0.29, 0.717) is 12.1 Å². The minimum Gasteiger partial charge on any atom is -0.350 e. The van der Waals surface area contributed by atoms with Gasteiger partial charge >= 0.3 is 0 Å². The van der Waals surface area contributed by atoms with Crippen molar-refractivity contribution in [2.45, 2.75) is 37.8 Å². The number of hydrogen-bond donors (Lipinski definition) is 0. The Kier molecular flexibility index (Phi) is 1.88. The molecule has 0 aliphatic carbocycles. The molecular formula is C12H13N3. The van der Waals surface area contributed by atoms with Crippen LogP contribution in [0.5, 0.6) is 0 Å². The maximum Gasteiger partial charge on any atom is 0.146 e. The first-order valence-electron chi connectivity index (χ1n) is 5.53. The zero-order valence-electron chi connectivity index (χ0n) is 8.56. The summed E-state index contributed by atoms with van der Waals surface area (Å²) in [5.41, 5.74) is 0.719. The van der Waals surface area contributed by atoms with Crippen LogP contribution in [0.15, 0.2) is 18.3 Å². The Morgan fingerprint density at radius 3 is 2.53 bits per heavy atom.